The Morgan fingerprint density at radius 1 is 1.22 bits per heavy atom. The summed E-state index contributed by atoms with van der Waals surface area (Å²) < 4.78 is 18.9. The predicted octanol–water partition coefficient (Wildman–Crippen LogP) is 2.50. The summed E-state index contributed by atoms with van der Waals surface area (Å²) in [6, 6.07) is 12.1. The van der Waals surface area contributed by atoms with Crippen molar-refractivity contribution >= 4 is 35.0 Å². The Morgan fingerprint density at radius 3 is 2.67 bits per heavy atom. The number of benzene rings is 2. The van der Waals surface area contributed by atoms with Crippen LogP contribution in [0.1, 0.15) is 12.5 Å². The molecule has 1 aliphatic heterocycles. The number of thiocarbonyl (C=S) groups is 1. The van der Waals surface area contributed by atoms with E-state index in [1.54, 1.807) is 37.3 Å². The second-order valence-electron chi connectivity index (χ2n) is 5.97. The van der Waals surface area contributed by atoms with E-state index >= 15 is 0 Å². The first-order chi connectivity index (χ1) is 12.8. The largest absolute Gasteiger partial charge is 0.497 e. The molecule has 0 spiro atoms. The minimum absolute atomic E-state index is 0.0986. The molecule has 3 rings (SSSR count). The van der Waals surface area contributed by atoms with Crippen LogP contribution in [-0.4, -0.2) is 29.2 Å². The number of urea groups is 1. The molecule has 0 aromatic heterocycles. The van der Waals surface area contributed by atoms with Crippen molar-refractivity contribution in [1.29, 1.82) is 0 Å². The highest BCUT2D eigenvalue weighted by Crippen LogP contribution is 2.30. The van der Waals surface area contributed by atoms with E-state index in [-0.39, 0.29) is 10.8 Å². The number of anilines is 1. The van der Waals surface area contributed by atoms with Gasteiger partial charge in [-0.3, -0.25) is 10.2 Å². The quantitative estimate of drug-likeness (QED) is 0.552. The van der Waals surface area contributed by atoms with Crippen LogP contribution in [0.4, 0.5) is 14.9 Å². The smallest absolute Gasteiger partial charge is 0.344 e. The van der Waals surface area contributed by atoms with Gasteiger partial charge in [-0.2, -0.15) is 5.01 Å². The second kappa shape index (κ2) is 7.20. The molecule has 0 unspecified atom stereocenters. The van der Waals surface area contributed by atoms with Crippen LogP contribution in [-0.2, 0) is 10.3 Å². The monoisotopic (exact) mass is 388 g/mol. The molecule has 140 valence electrons. The molecule has 0 aliphatic carbocycles. The summed E-state index contributed by atoms with van der Waals surface area (Å²) in [7, 11) is 1.51. The molecule has 2 aromatic rings. The lowest BCUT2D eigenvalue weighted by Crippen LogP contribution is -2.49. The normalized spacial score (nSPS) is 18.9. The van der Waals surface area contributed by atoms with Crippen LogP contribution < -0.4 is 20.8 Å². The lowest BCUT2D eigenvalue weighted by atomic mass is 9.92. The maximum Gasteiger partial charge on any atom is 0.344 e. The number of imide groups is 1. The van der Waals surface area contributed by atoms with Crippen LogP contribution in [0.5, 0.6) is 5.75 Å². The highest BCUT2D eigenvalue weighted by Gasteiger charge is 2.50. The van der Waals surface area contributed by atoms with Gasteiger partial charge >= 0.3 is 6.03 Å². The number of nitrogens with zero attached hydrogens (tertiary/aromatic N) is 1. The van der Waals surface area contributed by atoms with Crippen LogP contribution in [0.25, 0.3) is 0 Å². The van der Waals surface area contributed by atoms with Gasteiger partial charge in [-0.25, -0.2) is 9.18 Å². The number of para-hydroxylation sites is 1. The Hall–Kier alpha value is -3.20. The summed E-state index contributed by atoms with van der Waals surface area (Å²) in [4.78, 5) is 25.2. The molecule has 7 nitrogen and oxygen atoms in total. The van der Waals surface area contributed by atoms with Crippen LogP contribution in [0.3, 0.4) is 0 Å². The Labute approximate surface area is 160 Å². The third-order valence-corrected chi connectivity index (χ3v) is 4.37. The summed E-state index contributed by atoms with van der Waals surface area (Å²) >= 11 is 5.09. The number of hydrogen-bond acceptors (Lipinski definition) is 4. The van der Waals surface area contributed by atoms with Gasteiger partial charge < -0.3 is 15.4 Å². The molecular weight excluding hydrogens is 371 g/mol. The molecule has 0 radical (unpaired) electrons. The number of amides is 3. The Kier molecular flexibility index (Phi) is 4.95. The van der Waals surface area contributed by atoms with Gasteiger partial charge in [-0.1, -0.05) is 24.3 Å². The average molecular weight is 388 g/mol. The molecule has 1 fully saturated rings. The van der Waals surface area contributed by atoms with E-state index in [0.29, 0.717) is 11.3 Å². The summed E-state index contributed by atoms with van der Waals surface area (Å²) in [6.45, 7) is 1.58. The molecule has 1 saturated heterocycles. The van der Waals surface area contributed by atoms with E-state index in [1.807, 2.05) is 0 Å². The van der Waals surface area contributed by atoms with Crippen molar-refractivity contribution in [3.63, 3.8) is 0 Å². The first-order valence-electron chi connectivity index (χ1n) is 7.98. The van der Waals surface area contributed by atoms with E-state index in [4.69, 9.17) is 17.0 Å². The molecular formula is C18H17FN4O3S. The average Bonchev–Trinajstić information content (AvgIpc) is 2.88. The SMILES string of the molecule is COc1cccc([C@@]2(C)NC(=O)N(NC(=S)Nc3ccccc3F)C2=O)c1. The van der Waals surface area contributed by atoms with E-state index in [2.05, 4.69) is 16.1 Å². The molecule has 1 heterocycles. The number of hydrazine groups is 1. The van der Waals surface area contributed by atoms with Gasteiger partial charge in [-0.15, -0.1) is 0 Å². The lowest BCUT2D eigenvalue weighted by molar-refractivity contribution is -0.132. The lowest BCUT2D eigenvalue weighted by Gasteiger charge is -2.23. The summed E-state index contributed by atoms with van der Waals surface area (Å²) in [6.07, 6.45) is 0. The third kappa shape index (κ3) is 3.54. The number of carbonyl (C=O) groups excluding carboxylic acids is 2. The maximum absolute atomic E-state index is 13.7. The van der Waals surface area contributed by atoms with E-state index in [9.17, 15) is 14.0 Å². The molecule has 1 atom stereocenters. The number of methoxy groups -OCH3 is 1. The zero-order chi connectivity index (χ0) is 19.6. The fourth-order valence-electron chi connectivity index (χ4n) is 2.68. The van der Waals surface area contributed by atoms with Crippen molar-refractivity contribution in [2.45, 2.75) is 12.5 Å². The molecule has 3 amide bonds. The van der Waals surface area contributed by atoms with Gasteiger partial charge in [-0.05, 0) is 49.0 Å². The predicted molar refractivity (Wildman–Crippen MR) is 101 cm³/mol. The number of ether oxygens (including phenoxy) is 1. The molecule has 1 aliphatic rings. The van der Waals surface area contributed by atoms with E-state index in [0.717, 1.165) is 5.01 Å². The van der Waals surface area contributed by atoms with Crippen molar-refractivity contribution in [2.75, 3.05) is 12.4 Å². The van der Waals surface area contributed by atoms with Crippen LogP contribution >= 0.6 is 12.2 Å². The fourth-order valence-corrected chi connectivity index (χ4v) is 2.89. The highest BCUT2D eigenvalue weighted by atomic mass is 32.1. The van der Waals surface area contributed by atoms with Crippen molar-refractivity contribution in [3.05, 3.63) is 59.9 Å². The number of carbonyl (C=O) groups is 2. The minimum atomic E-state index is -1.30. The zero-order valence-electron chi connectivity index (χ0n) is 14.6. The first-order valence-corrected chi connectivity index (χ1v) is 8.39. The maximum atomic E-state index is 13.7. The van der Waals surface area contributed by atoms with Crippen molar-refractivity contribution in [3.8, 4) is 5.75 Å². The van der Waals surface area contributed by atoms with Crippen molar-refractivity contribution < 1.29 is 18.7 Å². The zero-order valence-corrected chi connectivity index (χ0v) is 15.4. The van der Waals surface area contributed by atoms with Crippen LogP contribution in [0.2, 0.25) is 0 Å². The van der Waals surface area contributed by atoms with Gasteiger partial charge in [0, 0.05) is 0 Å². The fraction of sp³-hybridized carbons (Fsp3) is 0.167. The van der Waals surface area contributed by atoms with E-state index < -0.39 is 23.3 Å². The minimum Gasteiger partial charge on any atom is -0.497 e. The van der Waals surface area contributed by atoms with Gasteiger partial charge in [0.2, 0.25) is 0 Å². The van der Waals surface area contributed by atoms with Crippen LogP contribution in [0, 0.1) is 5.82 Å². The van der Waals surface area contributed by atoms with Crippen molar-refractivity contribution in [2.24, 2.45) is 0 Å². The van der Waals surface area contributed by atoms with E-state index in [1.165, 1.54) is 25.3 Å². The summed E-state index contributed by atoms with van der Waals surface area (Å²) in [5, 5.41) is 5.91. The summed E-state index contributed by atoms with van der Waals surface area (Å²) in [5.41, 5.74) is 1.88. The Bertz CT molecular complexity index is 923. The summed E-state index contributed by atoms with van der Waals surface area (Å²) in [5.74, 6) is -0.516. The molecule has 0 bridgehead atoms. The number of nitrogens with one attached hydrogen (secondary N) is 3. The molecule has 3 N–H and O–H groups in total. The van der Waals surface area contributed by atoms with Gasteiger partial charge in [0.1, 0.15) is 17.1 Å². The number of hydrogen-bond donors (Lipinski definition) is 3. The molecule has 9 heteroatoms. The molecule has 27 heavy (non-hydrogen) atoms. The first kappa shape index (κ1) is 18.6. The Morgan fingerprint density at radius 2 is 1.96 bits per heavy atom. The van der Waals surface area contributed by atoms with Crippen molar-refractivity contribution in [1.82, 2.24) is 15.8 Å². The number of rotatable bonds is 4. The van der Waals surface area contributed by atoms with Crippen LogP contribution in [0.15, 0.2) is 48.5 Å². The number of halogens is 1. The van der Waals surface area contributed by atoms with Gasteiger partial charge in [0.25, 0.3) is 5.91 Å². The molecule has 0 saturated carbocycles. The second-order valence-corrected chi connectivity index (χ2v) is 6.38. The standard InChI is InChI=1S/C18H17FN4O3S/c1-18(11-6-5-7-12(10-11)26-2)15(24)23(17(25)21-18)22-16(27)20-14-9-4-3-8-13(14)19/h3-10H,1-2H3,(H,21,25)(H2,20,22,27)/t18-/m1/s1. The topological polar surface area (TPSA) is 82.7 Å². The highest BCUT2D eigenvalue weighted by molar-refractivity contribution is 7.80. The van der Waals surface area contributed by atoms with Gasteiger partial charge in [0.15, 0.2) is 5.11 Å². The third-order valence-electron chi connectivity index (χ3n) is 4.17. The Balaban J connectivity index is 1.77. The molecule has 2 aromatic carbocycles. The van der Waals surface area contributed by atoms with Gasteiger partial charge in [0.05, 0.1) is 12.8 Å².